The van der Waals surface area contributed by atoms with Crippen LogP contribution in [0.1, 0.15) is 35.6 Å². The van der Waals surface area contributed by atoms with Gasteiger partial charge in [0, 0.05) is 5.39 Å². The highest BCUT2D eigenvalue weighted by molar-refractivity contribution is 5.91. The number of rotatable bonds is 6. The Kier molecular flexibility index (Phi) is 4.46. The lowest BCUT2D eigenvalue weighted by Crippen LogP contribution is -2.25. The average Bonchev–Trinajstić information content (AvgIpc) is 3.46. The summed E-state index contributed by atoms with van der Waals surface area (Å²) in [6.45, 7) is 3.24. The molecule has 0 aliphatic heterocycles. The maximum atomic E-state index is 5.57. The Bertz CT molecular complexity index is 882. The van der Waals surface area contributed by atoms with E-state index in [0.29, 0.717) is 0 Å². The molecule has 25 heavy (non-hydrogen) atoms. The third-order valence-corrected chi connectivity index (χ3v) is 5.13. The number of methoxy groups -OCH3 is 1. The SMILES string of the molecule is COc1ccc(C(NCC2CC2)c2cccc(C)c2)c2ccccc12. The second-order valence-corrected chi connectivity index (χ2v) is 7.10. The molecule has 3 aromatic carbocycles. The Morgan fingerprint density at radius 2 is 1.80 bits per heavy atom. The van der Waals surface area contributed by atoms with E-state index in [1.807, 2.05) is 0 Å². The van der Waals surface area contributed by atoms with Crippen molar-refractivity contribution in [3.8, 4) is 5.75 Å². The van der Waals surface area contributed by atoms with Gasteiger partial charge in [0.25, 0.3) is 0 Å². The molecule has 0 radical (unpaired) electrons. The van der Waals surface area contributed by atoms with Gasteiger partial charge in [-0.05, 0) is 54.8 Å². The Hall–Kier alpha value is -2.32. The smallest absolute Gasteiger partial charge is 0.126 e. The van der Waals surface area contributed by atoms with Crippen LogP contribution in [-0.4, -0.2) is 13.7 Å². The average molecular weight is 331 g/mol. The van der Waals surface area contributed by atoms with Crippen molar-refractivity contribution in [2.75, 3.05) is 13.7 Å². The predicted molar refractivity (Wildman–Crippen MR) is 104 cm³/mol. The molecule has 128 valence electrons. The van der Waals surface area contributed by atoms with E-state index >= 15 is 0 Å². The van der Waals surface area contributed by atoms with Crippen LogP contribution in [-0.2, 0) is 0 Å². The summed E-state index contributed by atoms with van der Waals surface area (Å²) in [6.07, 6.45) is 2.72. The minimum atomic E-state index is 0.205. The van der Waals surface area contributed by atoms with Gasteiger partial charge in [-0.3, -0.25) is 0 Å². The van der Waals surface area contributed by atoms with E-state index in [1.165, 1.54) is 40.3 Å². The van der Waals surface area contributed by atoms with Crippen LogP contribution < -0.4 is 10.1 Å². The third kappa shape index (κ3) is 3.40. The maximum Gasteiger partial charge on any atom is 0.126 e. The number of aryl methyl sites for hydroxylation is 1. The van der Waals surface area contributed by atoms with Crippen LogP contribution in [0.3, 0.4) is 0 Å². The van der Waals surface area contributed by atoms with Crippen LogP contribution in [0.15, 0.2) is 60.7 Å². The molecule has 2 heteroatoms. The molecule has 0 saturated heterocycles. The van der Waals surface area contributed by atoms with E-state index in [2.05, 4.69) is 72.9 Å². The van der Waals surface area contributed by atoms with Gasteiger partial charge in [-0.25, -0.2) is 0 Å². The number of nitrogens with one attached hydrogen (secondary N) is 1. The highest BCUT2D eigenvalue weighted by atomic mass is 16.5. The molecule has 0 spiro atoms. The second kappa shape index (κ2) is 6.89. The zero-order valence-electron chi connectivity index (χ0n) is 15.0. The van der Waals surface area contributed by atoms with E-state index in [-0.39, 0.29) is 6.04 Å². The summed E-state index contributed by atoms with van der Waals surface area (Å²) in [5.41, 5.74) is 3.95. The summed E-state index contributed by atoms with van der Waals surface area (Å²) in [7, 11) is 1.74. The van der Waals surface area contributed by atoms with E-state index in [0.717, 1.165) is 18.2 Å². The molecule has 4 rings (SSSR count). The van der Waals surface area contributed by atoms with Crippen molar-refractivity contribution < 1.29 is 4.74 Å². The number of benzene rings is 3. The first-order valence-electron chi connectivity index (χ1n) is 9.12. The first-order valence-corrected chi connectivity index (χ1v) is 9.12. The second-order valence-electron chi connectivity index (χ2n) is 7.10. The van der Waals surface area contributed by atoms with Gasteiger partial charge in [-0.15, -0.1) is 0 Å². The fourth-order valence-corrected chi connectivity index (χ4v) is 3.59. The molecule has 1 saturated carbocycles. The molecule has 0 bridgehead atoms. The van der Waals surface area contributed by atoms with Crippen LogP contribution >= 0.6 is 0 Å². The van der Waals surface area contributed by atoms with Crippen molar-refractivity contribution in [1.82, 2.24) is 5.32 Å². The third-order valence-electron chi connectivity index (χ3n) is 5.13. The van der Waals surface area contributed by atoms with Crippen molar-refractivity contribution in [1.29, 1.82) is 0 Å². The molecule has 2 nitrogen and oxygen atoms in total. The number of ether oxygens (including phenoxy) is 1. The zero-order valence-corrected chi connectivity index (χ0v) is 15.0. The monoisotopic (exact) mass is 331 g/mol. The summed E-state index contributed by atoms with van der Waals surface area (Å²) >= 11 is 0. The molecule has 1 atom stereocenters. The van der Waals surface area contributed by atoms with E-state index in [9.17, 15) is 0 Å². The molecule has 0 aromatic heterocycles. The van der Waals surface area contributed by atoms with Gasteiger partial charge in [0.05, 0.1) is 13.2 Å². The van der Waals surface area contributed by atoms with Gasteiger partial charge >= 0.3 is 0 Å². The van der Waals surface area contributed by atoms with E-state index < -0.39 is 0 Å². The van der Waals surface area contributed by atoms with Crippen molar-refractivity contribution in [2.45, 2.75) is 25.8 Å². The Morgan fingerprint density at radius 3 is 2.52 bits per heavy atom. The number of hydrogen-bond acceptors (Lipinski definition) is 2. The highest BCUT2D eigenvalue weighted by Crippen LogP contribution is 2.35. The summed E-state index contributed by atoms with van der Waals surface area (Å²) in [5.74, 6) is 1.78. The lowest BCUT2D eigenvalue weighted by atomic mass is 9.92. The molecule has 1 fully saturated rings. The van der Waals surface area contributed by atoms with Crippen LogP contribution in [0.5, 0.6) is 5.75 Å². The summed E-state index contributed by atoms with van der Waals surface area (Å²) < 4.78 is 5.57. The molecule has 3 aromatic rings. The molecule has 1 N–H and O–H groups in total. The van der Waals surface area contributed by atoms with Crippen LogP contribution in [0.25, 0.3) is 10.8 Å². The van der Waals surface area contributed by atoms with Gasteiger partial charge < -0.3 is 10.1 Å². The van der Waals surface area contributed by atoms with Crippen molar-refractivity contribution in [2.24, 2.45) is 5.92 Å². The van der Waals surface area contributed by atoms with Crippen LogP contribution in [0.4, 0.5) is 0 Å². The Labute approximate surface area is 149 Å². The molecule has 1 aliphatic rings. The lowest BCUT2D eigenvalue weighted by Gasteiger charge is -2.23. The molecule has 0 heterocycles. The zero-order chi connectivity index (χ0) is 17.2. The van der Waals surface area contributed by atoms with Gasteiger partial charge in [0.2, 0.25) is 0 Å². The minimum Gasteiger partial charge on any atom is -0.496 e. The van der Waals surface area contributed by atoms with E-state index in [4.69, 9.17) is 4.74 Å². The Morgan fingerprint density at radius 1 is 1.00 bits per heavy atom. The van der Waals surface area contributed by atoms with Crippen molar-refractivity contribution in [3.63, 3.8) is 0 Å². The minimum absolute atomic E-state index is 0.205. The molecule has 1 unspecified atom stereocenters. The quantitative estimate of drug-likeness (QED) is 0.666. The topological polar surface area (TPSA) is 21.3 Å². The largest absolute Gasteiger partial charge is 0.496 e. The first kappa shape index (κ1) is 16.2. The van der Waals surface area contributed by atoms with Crippen LogP contribution in [0, 0.1) is 12.8 Å². The molecular formula is C23H25NO. The lowest BCUT2D eigenvalue weighted by molar-refractivity contribution is 0.419. The van der Waals surface area contributed by atoms with E-state index in [1.54, 1.807) is 7.11 Å². The molecule has 0 amide bonds. The summed E-state index contributed by atoms with van der Waals surface area (Å²) in [5, 5.41) is 6.27. The van der Waals surface area contributed by atoms with Crippen molar-refractivity contribution >= 4 is 10.8 Å². The number of hydrogen-bond donors (Lipinski definition) is 1. The summed E-state index contributed by atoms with van der Waals surface area (Å²) in [6, 6.07) is 21.9. The Balaban J connectivity index is 1.82. The fraction of sp³-hybridized carbons (Fsp3) is 0.304. The van der Waals surface area contributed by atoms with Gasteiger partial charge in [-0.2, -0.15) is 0 Å². The van der Waals surface area contributed by atoms with Gasteiger partial charge in [0.15, 0.2) is 0 Å². The first-order chi connectivity index (χ1) is 12.3. The molecular weight excluding hydrogens is 306 g/mol. The van der Waals surface area contributed by atoms with Crippen molar-refractivity contribution in [3.05, 3.63) is 77.4 Å². The van der Waals surface area contributed by atoms with Crippen LogP contribution in [0.2, 0.25) is 0 Å². The van der Waals surface area contributed by atoms with Gasteiger partial charge in [0.1, 0.15) is 5.75 Å². The number of fused-ring (bicyclic) bond motifs is 1. The molecule has 1 aliphatic carbocycles. The highest BCUT2D eigenvalue weighted by Gasteiger charge is 2.24. The van der Waals surface area contributed by atoms with Gasteiger partial charge in [-0.1, -0.05) is 60.2 Å². The standard InChI is InChI=1S/C23H25NO/c1-16-6-5-7-18(14-16)23(24-15-17-10-11-17)21-12-13-22(25-2)20-9-4-3-8-19(20)21/h3-9,12-14,17,23-24H,10-11,15H2,1-2H3. The fourth-order valence-electron chi connectivity index (χ4n) is 3.59. The summed E-state index contributed by atoms with van der Waals surface area (Å²) in [4.78, 5) is 0. The maximum absolute atomic E-state index is 5.57. The normalized spacial score (nSPS) is 15.3. The predicted octanol–water partition coefficient (Wildman–Crippen LogP) is 5.25.